The first-order chi connectivity index (χ1) is 7.11. The third-order valence-electron chi connectivity index (χ3n) is 2.69. The fraction of sp³-hybridized carbons (Fsp3) is 0.538. The van der Waals surface area contributed by atoms with Crippen LogP contribution in [0.2, 0.25) is 0 Å². The Morgan fingerprint density at radius 2 is 1.87 bits per heavy atom. The molecule has 1 aromatic carbocycles. The summed E-state index contributed by atoms with van der Waals surface area (Å²) in [5.74, 6) is 0.783. The number of nitrogens with zero attached hydrogens (tertiary/aromatic N) is 1. The largest absolute Gasteiger partial charge is 0.302 e. The van der Waals surface area contributed by atoms with Crippen LogP contribution in [-0.2, 0) is 6.54 Å². The Balaban J connectivity index is 2.44. The Kier molecular flexibility index (Phi) is 5.34. The van der Waals surface area contributed by atoms with Gasteiger partial charge in [0.2, 0.25) is 0 Å². The summed E-state index contributed by atoms with van der Waals surface area (Å²) in [6.45, 7) is 6.76. The highest BCUT2D eigenvalue weighted by Gasteiger charge is 2.04. The molecule has 0 bridgehead atoms. The molecular formula is C13H20BrN. The second-order valence-electron chi connectivity index (χ2n) is 4.34. The highest BCUT2D eigenvalue weighted by molar-refractivity contribution is 9.10. The number of rotatable bonds is 5. The minimum absolute atomic E-state index is 0.783. The van der Waals surface area contributed by atoms with Gasteiger partial charge in [-0.2, -0.15) is 0 Å². The van der Waals surface area contributed by atoms with Crippen LogP contribution in [0.3, 0.4) is 0 Å². The molecule has 0 aliphatic carbocycles. The Bertz CT molecular complexity index is 281. The monoisotopic (exact) mass is 269 g/mol. The maximum atomic E-state index is 3.45. The summed E-state index contributed by atoms with van der Waals surface area (Å²) in [6, 6.07) is 8.56. The molecule has 0 saturated carbocycles. The highest BCUT2D eigenvalue weighted by atomic mass is 79.9. The van der Waals surface area contributed by atoms with Crippen molar-refractivity contribution >= 4 is 15.9 Å². The highest BCUT2D eigenvalue weighted by Crippen LogP contribution is 2.12. The molecule has 1 atom stereocenters. The maximum absolute atomic E-state index is 3.45. The Labute approximate surface area is 102 Å². The van der Waals surface area contributed by atoms with Crippen molar-refractivity contribution in [3.05, 3.63) is 34.3 Å². The van der Waals surface area contributed by atoms with E-state index in [2.05, 4.69) is 66.0 Å². The fourth-order valence-electron chi connectivity index (χ4n) is 1.63. The van der Waals surface area contributed by atoms with Gasteiger partial charge in [-0.1, -0.05) is 48.3 Å². The van der Waals surface area contributed by atoms with Crippen LogP contribution in [0.5, 0.6) is 0 Å². The zero-order valence-electron chi connectivity index (χ0n) is 9.83. The van der Waals surface area contributed by atoms with Crippen molar-refractivity contribution in [3.8, 4) is 0 Å². The summed E-state index contributed by atoms with van der Waals surface area (Å²) in [7, 11) is 2.19. The molecule has 0 fully saturated rings. The normalized spacial score (nSPS) is 13.1. The lowest BCUT2D eigenvalue weighted by Gasteiger charge is -2.20. The standard InChI is InChI=1S/C13H20BrN/c1-4-11(2)9-15(3)10-12-5-7-13(14)8-6-12/h5-8,11H,4,9-10H2,1-3H3. The van der Waals surface area contributed by atoms with Gasteiger partial charge in [-0.05, 0) is 30.7 Å². The second-order valence-corrected chi connectivity index (χ2v) is 5.25. The average Bonchev–Trinajstić information content (AvgIpc) is 2.21. The molecule has 84 valence electrons. The van der Waals surface area contributed by atoms with Gasteiger partial charge in [-0.25, -0.2) is 0 Å². The molecule has 0 saturated heterocycles. The van der Waals surface area contributed by atoms with E-state index in [9.17, 15) is 0 Å². The predicted molar refractivity (Wildman–Crippen MR) is 69.9 cm³/mol. The molecule has 0 amide bonds. The Hall–Kier alpha value is -0.340. The first kappa shape index (κ1) is 12.7. The number of benzene rings is 1. The van der Waals surface area contributed by atoms with Crippen molar-refractivity contribution in [1.82, 2.24) is 4.90 Å². The van der Waals surface area contributed by atoms with E-state index in [1.807, 2.05) is 0 Å². The summed E-state index contributed by atoms with van der Waals surface area (Å²) in [5.41, 5.74) is 1.38. The SMILES string of the molecule is CCC(C)CN(C)Cc1ccc(Br)cc1. The quantitative estimate of drug-likeness (QED) is 0.783. The van der Waals surface area contributed by atoms with E-state index >= 15 is 0 Å². The number of hydrogen-bond donors (Lipinski definition) is 0. The van der Waals surface area contributed by atoms with Crippen molar-refractivity contribution in [2.24, 2.45) is 5.92 Å². The van der Waals surface area contributed by atoms with Gasteiger partial charge in [0.05, 0.1) is 0 Å². The van der Waals surface area contributed by atoms with Crippen LogP contribution < -0.4 is 0 Å². The molecule has 0 aliphatic heterocycles. The Morgan fingerprint density at radius 1 is 1.27 bits per heavy atom. The molecule has 0 aromatic heterocycles. The summed E-state index contributed by atoms with van der Waals surface area (Å²) >= 11 is 3.45. The molecule has 1 aromatic rings. The van der Waals surface area contributed by atoms with Gasteiger partial charge in [0.1, 0.15) is 0 Å². The molecule has 0 heterocycles. The third kappa shape index (κ3) is 4.80. The van der Waals surface area contributed by atoms with Crippen molar-refractivity contribution in [1.29, 1.82) is 0 Å². The van der Waals surface area contributed by atoms with Crippen molar-refractivity contribution < 1.29 is 0 Å². The first-order valence-corrected chi connectivity index (χ1v) is 6.34. The molecule has 0 N–H and O–H groups in total. The maximum Gasteiger partial charge on any atom is 0.0230 e. The van der Waals surface area contributed by atoms with Crippen LogP contribution in [0.4, 0.5) is 0 Å². The zero-order chi connectivity index (χ0) is 11.3. The van der Waals surface area contributed by atoms with Gasteiger partial charge >= 0.3 is 0 Å². The Morgan fingerprint density at radius 3 is 2.40 bits per heavy atom. The topological polar surface area (TPSA) is 3.24 Å². The molecule has 0 spiro atoms. The van der Waals surface area contributed by atoms with E-state index in [-0.39, 0.29) is 0 Å². The summed E-state index contributed by atoms with van der Waals surface area (Å²) in [5, 5.41) is 0. The van der Waals surface area contributed by atoms with Crippen molar-refractivity contribution in [2.45, 2.75) is 26.8 Å². The molecule has 15 heavy (non-hydrogen) atoms. The van der Waals surface area contributed by atoms with Crippen LogP contribution in [0.1, 0.15) is 25.8 Å². The van der Waals surface area contributed by atoms with E-state index in [0.29, 0.717) is 0 Å². The lowest BCUT2D eigenvalue weighted by molar-refractivity contribution is 0.275. The predicted octanol–water partition coefficient (Wildman–Crippen LogP) is 3.93. The summed E-state index contributed by atoms with van der Waals surface area (Å²) in [6.07, 6.45) is 1.25. The van der Waals surface area contributed by atoms with Crippen LogP contribution in [-0.4, -0.2) is 18.5 Å². The molecule has 2 heteroatoms. The lowest BCUT2D eigenvalue weighted by Crippen LogP contribution is -2.23. The van der Waals surface area contributed by atoms with Gasteiger partial charge in [-0.15, -0.1) is 0 Å². The minimum atomic E-state index is 0.783. The number of halogens is 1. The summed E-state index contributed by atoms with van der Waals surface area (Å²) in [4.78, 5) is 2.39. The van der Waals surface area contributed by atoms with Gasteiger partial charge in [-0.3, -0.25) is 0 Å². The fourth-order valence-corrected chi connectivity index (χ4v) is 1.89. The first-order valence-electron chi connectivity index (χ1n) is 5.54. The van der Waals surface area contributed by atoms with E-state index in [4.69, 9.17) is 0 Å². The zero-order valence-corrected chi connectivity index (χ0v) is 11.4. The average molecular weight is 270 g/mol. The van der Waals surface area contributed by atoms with Crippen LogP contribution in [0.25, 0.3) is 0 Å². The van der Waals surface area contributed by atoms with Crippen LogP contribution >= 0.6 is 15.9 Å². The van der Waals surface area contributed by atoms with Gasteiger partial charge < -0.3 is 4.90 Å². The smallest absolute Gasteiger partial charge is 0.0230 e. The van der Waals surface area contributed by atoms with E-state index in [1.165, 1.54) is 18.5 Å². The number of hydrogen-bond acceptors (Lipinski definition) is 1. The molecule has 0 radical (unpaired) electrons. The second kappa shape index (κ2) is 6.29. The molecule has 1 rings (SSSR count). The lowest BCUT2D eigenvalue weighted by atomic mass is 10.1. The van der Waals surface area contributed by atoms with Gasteiger partial charge in [0, 0.05) is 17.6 Å². The van der Waals surface area contributed by atoms with E-state index in [0.717, 1.165) is 16.9 Å². The third-order valence-corrected chi connectivity index (χ3v) is 3.21. The molecule has 0 aliphatic rings. The van der Waals surface area contributed by atoms with Crippen LogP contribution in [0.15, 0.2) is 28.7 Å². The van der Waals surface area contributed by atoms with E-state index in [1.54, 1.807) is 0 Å². The van der Waals surface area contributed by atoms with Gasteiger partial charge in [0.25, 0.3) is 0 Å². The molecule has 1 nitrogen and oxygen atoms in total. The van der Waals surface area contributed by atoms with Crippen molar-refractivity contribution in [3.63, 3.8) is 0 Å². The van der Waals surface area contributed by atoms with Gasteiger partial charge in [0.15, 0.2) is 0 Å². The van der Waals surface area contributed by atoms with Crippen molar-refractivity contribution in [2.75, 3.05) is 13.6 Å². The van der Waals surface area contributed by atoms with Crippen LogP contribution in [0, 0.1) is 5.92 Å². The molecular weight excluding hydrogens is 250 g/mol. The molecule has 1 unspecified atom stereocenters. The summed E-state index contributed by atoms with van der Waals surface area (Å²) < 4.78 is 1.15. The minimum Gasteiger partial charge on any atom is -0.302 e. The van der Waals surface area contributed by atoms with E-state index < -0.39 is 0 Å².